The van der Waals surface area contributed by atoms with Crippen LogP contribution in [0.3, 0.4) is 0 Å². The summed E-state index contributed by atoms with van der Waals surface area (Å²) in [5.74, 6) is 1.25. The summed E-state index contributed by atoms with van der Waals surface area (Å²) in [7, 11) is 1.62. The van der Waals surface area contributed by atoms with Crippen LogP contribution in [0.5, 0.6) is 11.5 Å². The van der Waals surface area contributed by atoms with E-state index in [0.29, 0.717) is 22.9 Å². The molecule has 2 aromatic rings. The molecule has 5 heteroatoms. The molecule has 0 radical (unpaired) electrons. The lowest BCUT2D eigenvalue weighted by Gasteiger charge is -2.11. The van der Waals surface area contributed by atoms with Crippen molar-refractivity contribution in [2.24, 2.45) is 0 Å². The van der Waals surface area contributed by atoms with Crippen molar-refractivity contribution in [2.75, 3.05) is 7.11 Å². The van der Waals surface area contributed by atoms with E-state index in [1.807, 2.05) is 37.3 Å². The van der Waals surface area contributed by atoms with Crippen LogP contribution < -0.4 is 14.8 Å². The summed E-state index contributed by atoms with van der Waals surface area (Å²) in [4.78, 5) is 12.5. The maximum atomic E-state index is 12.5. The summed E-state index contributed by atoms with van der Waals surface area (Å²) in [5.41, 5.74) is 2.47. The predicted molar refractivity (Wildman–Crippen MR) is 89.4 cm³/mol. The molecule has 1 aliphatic rings. The van der Waals surface area contributed by atoms with Crippen molar-refractivity contribution in [2.45, 2.75) is 26.0 Å². The number of rotatable bonds is 4. The molecule has 0 unspecified atom stereocenters. The van der Waals surface area contributed by atoms with Gasteiger partial charge in [-0.05, 0) is 36.8 Å². The van der Waals surface area contributed by atoms with E-state index in [2.05, 4.69) is 5.32 Å². The molecule has 1 aliphatic heterocycles. The number of ether oxygens (including phenoxy) is 2. The summed E-state index contributed by atoms with van der Waals surface area (Å²) >= 11 is 6.12. The number of carbonyl (C=O) groups is 1. The van der Waals surface area contributed by atoms with Crippen LogP contribution in [0, 0.1) is 0 Å². The smallest absolute Gasteiger partial charge is 0.255 e. The Morgan fingerprint density at radius 3 is 2.78 bits per heavy atom. The van der Waals surface area contributed by atoms with Gasteiger partial charge in [0.1, 0.15) is 17.6 Å². The summed E-state index contributed by atoms with van der Waals surface area (Å²) < 4.78 is 10.9. The number of benzene rings is 2. The summed E-state index contributed by atoms with van der Waals surface area (Å²) in [6.07, 6.45) is 0.839. The number of nitrogens with one attached hydrogen (secondary N) is 1. The molecular weight excluding hydrogens is 314 g/mol. The molecule has 1 atom stereocenters. The number of fused-ring (bicyclic) bond motifs is 1. The van der Waals surface area contributed by atoms with Gasteiger partial charge in [-0.1, -0.05) is 23.7 Å². The highest BCUT2D eigenvalue weighted by atomic mass is 35.5. The second kappa shape index (κ2) is 6.50. The van der Waals surface area contributed by atoms with E-state index < -0.39 is 0 Å². The van der Waals surface area contributed by atoms with Gasteiger partial charge in [-0.15, -0.1) is 0 Å². The molecule has 4 nitrogen and oxygen atoms in total. The summed E-state index contributed by atoms with van der Waals surface area (Å²) in [6.45, 7) is 2.41. The zero-order chi connectivity index (χ0) is 16.4. The van der Waals surface area contributed by atoms with Crippen molar-refractivity contribution in [1.82, 2.24) is 5.32 Å². The van der Waals surface area contributed by atoms with Gasteiger partial charge in [0.25, 0.3) is 5.91 Å². The molecule has 23 heavy (non-hydrogen) atoms. The highest BCUT2D eigenvalue weighted by Crippen LogP contribution is 2.35. The van der Waals surface area contributed by atoms with Crippen molar-refractivity contribution in [3.63, 3.8) is 0 Å². The van der Waals surface area contributed by atoms with Crippen LogP contribution in [0.4, 0.5) is 0 Å². The van der Waals surface area contributed by atoms with E-state index in [0.717, 1.165) is 23.3 Å². The minimum Gasteiger partial charge on any atom is -0.497 e. The van der Waals surface area contributed by atoms with Crippen molar-refractivity contribution in [3.8, 4) is 11.5 Å². The first-order chi connectivity index (χ1) is 11.1. The highest BCUT2D eigenvalue weighted by molar-refractivity contribution is 6.31. The Balaban J connectivity index is 1.73. The number of halogens is 1. The quantitative estimate of drug-likeness (QED) is 0.931. The number of amides is 1. The van der Waals surface area contributed by atoms with E-state index >= 15 is 0 Å². The first-order valence-corrected chi connectivity index (χ1v) is 7.85. The average molecular weight is 332 g/mol. The highest BCUT2D eigenvalue weighted by Gasteiger charge is 2.25. The number of hydrogen-bond acceptors (Lipinski definition) is 3. The fraction of sp³-hybridized carbons (Fsp3) is 0.278. The summed E-state index contributed by atoms with van der Waals surface area (Å²) in [5, 5.41) is 3.46. The van der Waals surface area contributed by atoms with E-state index in [-0.39, 0.29) is 12.0 Å². The Labute approximate surface area is 140 Å². The molecule has 2 aromatic carbocycles. The third kappa shape index (κ3) is 3.42. The maximum absolute atomic E-state index is 12.5. The van der Waals surface area contributed by atoms with Gasteiger partial charge in [-0.2, -0.15) is 0 Å². The van der Waals surface area contributed by atoms with Gasteiger partial charge in [0.2, 0.25) is 0 Å². The molecule has 0 saturated carbocycles. The second-order valence-electron chi connectivity index (χ2n) is 5.60. The van der Waals surface area contributed by atoms with Gasteiger partial charge in [-0.3, -0.25) is 4.79 Å². The molecule has 120 valence electrons. The molecule has 1 amide bonds. The fourth-order valence-electron chi connectivity index (χ4n) is 2.68. The lowest BCUT2D eigenvalue weighted by atomic mass is 10.1. The van der Waals surface area contributed by atoms with Crippen LogP contribution in [-0.4, -0.2) is 19.1 Å². The van der Waals surface area contributed by atoms with Crippen LogP contribution in [0.15, 0.2) is 36.4 Å². The lowest BCUT2D eigenvalue weighted by Crippen LogP contribution is -2.23. The Kier molecular flexibility index (Phi) is 4.44. The molecular formula is C18H18ClNO3. The first kappa shape index (κ1) is 15.7. The van der Waals surface area contributed by atoms with Crippen molar-refractivity contribution in [1.29, 1.82) is 0 Å². The van der Waals surface area contributed by atoms with Gasteiger partial charge < -0.3 is 14.8 Å². The van der Waals surface area contributed by atoms with Crippen LogP contribution in [-0.2, 0) is 13.0 Å². The van der Waals surface area contributed by atoms with Crippen LogP contribution >= 0.6 is 11.6 Å². The molecule has 1 N–H and O–H groups in total. The predicted octanol–water partition coefficient (Wildman–Crippen LogP) is 3.60. The van der Waals surface area contributed by atoms with E-state index in [9.17, 15) is 4.79 Å². The summed E-state index contributed by atoms with van der Waals surface area (Å²) in [6, 6.07) is 11.1. The average Bonchev–Trinajstić information content (AvgIpc) is 2.92. The Hall–Kier alpha value is -2.20. The maximum Gasteiger partial charge on any atom is 0.255 e. The van der Waals surface area contributed by atoms with Gasteiger partial charge in [0, 0.05) is 23.6 Å². The SMILES string of the molecule is COc1ccc(CNC(=O)c2cc(Cl)cc3c2O[C@H](C)C3)cc1. The van der Waals surface area contributed by atoms with Gasteiger partial charge >= 0.3 is 0 Å². The Morgan fingerprint density at radius 2 is 2.09 bits per heavy atom. The molecule has 0 saturated heterocycles. The molecule has 0 aliphatic carbocycles. The number of methoxy groups -OCH3 is 1. The monoisotopic (exact) mass is 331 g/mol. The van der Waals surface area contributed by atoms with Gasteiger partial charge in [0.05, 0.1) is 12.7 Å². The largest absolute Gasteiger partial charge is 0.497 e. The first-order valence-electron chi connectivity index (χ1n) is 7.47. The third-order valence-corrected chi connectivity index (χ3v) is 4.03. The van der Waals surface area contributed by atoms with Gasteiger partial charge in [-0.25, -0.2) is 0 Å². The normalized spacial score (nSPS) is 15.7. The molecule has 3 rings (SSSR count). The van der Waals surface area contributed by atoms with Crippen molar-refractivity contribution < 1.29 is 14.3 Å². The van der Waals surface area contributed by atoms with Crippen LogP contribution in [0.25, 0.3) is 0 Å². The topological polar surface area (TPSA) is 47.6 Å². The molecule has 0 fully saturated rings. The second-order valence-corrected chi connectivity index (χ2v) is 6.04. The van der Waals surface area contributed by atoms with E-state index in [1.165, 1.54) is 0 Å². The zero-order valence-corrected chi connectivity index (χ0v) is 13.8. The van der Waals surface area contributed by atoms with E-state index in [4.69, 9.17) is 21.1 Å². The van der Waals surface area contributed by atoms with Crippen molar-refractivity contribution in [3.05, 3.63) is 58.1 Å². The molecule has 1 heterocycles. The minimum absolute atomic E-state index is 0.0663. The van der Waals surface area contributed by atoms with Gasteiger partial charge in [0.15, 0.2) is 0 Å². The fourth-order valence-corrected chi connectivity index (χ4v) is 2.92. The zero-order valence-electron chi connectivity index (χ0n) is 13.1. The van der Waals surface area contributed by atoms with Crippen molar-refractivity contribution >= 4 is 17.5 Å². The molecule has 0 bridgehead atoms. The van der Waals surface area contributed by atoms with E-state index in [1.54, 1.807) is 13.2 Å². The lowest BCUT2D eigenvalue weighted by molar-refractivity contribution is 0.0946. The third-order valence-electron chi connectivity index (χ3n) is 3.81. The molecule has 0 aromatic heterocycles. The van der Waals surface area contributed by atoms with Crippen LogP contribution in [0.1, 0.15) is 28.4 Å². The Morgan fingerprint density at radius 1 is 1.35 bits per heavy atom. The number of carbonyl (C=O) groups excluding carboxylic acids is 1. The van der Waals surface area contributed by atoms with Crippen LogP contribution in [0.2, 0.25) is 5.02 Å². The standard InChI is InChI=1S/C18H18ClNO3/c1-11-7-13-8-14(19)9-16(17(13)23-11)18(21)20-10-12-3-5-15(22-2)6-4-12/h3-6,8-9,11H,7,10H2,1-2H3,(H,20,21)/t11-/m1/s1. The Bertz CT molecular complexity index is 728. The molecule has 0 spiro atoms. The number of hydrogen-bond donors (Lipinski definition) is 1. The minimum atomic E-state index is -0.186.